The van der Waals surface area contributed by atoms with E-state index in [9.17, 15) is 0 Å². The van der Waals surface area contributed by atoms with Gasteiger partial charge in [0, 0.05) is 11.1 Å². The van der Waals surface area contributed by atoms with Crippen LogP contribution in [0.4, 0.5) is 11.4 Å². The molecule has 1 aliphatic rings. The van der Waals surface area contributed by atoms with Crippen molar-refractivity contribution in [2.45, 2.75) is 13.8 Å². The van der Waals surface area contributed by atoms with Gasteiger partial charge in [0.25, 0.3) is 0 Å². The van der Waals surface area contributed by atoms with Gasteiger partial charge in [-0.15, -0.1) is 0 Å². The largest absolute Gasteiger partial charge is 0.300 e. The zero-order valence-corrected chi connectivity index (χ0v) is 9.46. The minimum atomic E-state index is 1.15. The van der Waals surface area contributed by atoms with E-state index in [1.807, 2.05) is 0 Å². The summed E-state index contributed by atoms with van der Waals surface area (Å²) in [6, 6.07) is 12.7. The molecule has 3 rings (SSSR count). The summed E-state index contributed by atoms with van der Waals surface area (Å²) in [6.07, 6.45) is 0. The van der Waals surface area contributed by atoms with Gasteiger partial charge in [-0.2, -0.15) is 0 Å². The van der Waals surface area contributed by atoms with Gasteiger partial charge in [-0.3, -0.25) is 0 Å². The van der Waals surface area contributed by atoms with E-state index in [4.69, 9.17) is 0 Å². The van der Waals surface area contributed by atoms with Gasteiger partial charge in [-0.05, 0) is 37.1 Å². The second-order valence-corrected chi connectivity index (χ2v) is 4.24. The van der Waals surface area contributed by atoms with Crippen LogP contribution in [0, 0.1) is 13.8 Å². The maximum atomic E-state index is 3.24. The fourth-order valence-corrected chi connectivity index (χ4v) is 2.34. The predicted molar refractivity (Wildman–Crippen MR) is 68.6 cm³/mol. The number of benzene rings is 2. The van der Waals surface area contributed by atoms with Crippen LogP contribution in [0.1, 0.15) is 11.1 Å². The average Bonchev–Trinajstić information content (AvgIpc) is 2.29. The molecule has 2 N–H and O–H groups in total. The molecule has 1 aliphatic heterocycles. The van der Waals surface area contributed by atoms with Gasteiger partial charge in [0.15, 0.2) is 0 Å². The van der Waals surface area contributed by atoms with Gasteiger partial charge < -0.3 is 10.9 Å². The van der Waals surface area contributed by atoms with Gasteiger partial charge in [-0.25, -0.2) is 0 Å². The molecular formula is C14H14N2. The number of anilines is 2. The highest BCUT2D eigenvalue weighted by Gasteiger charge is 2.18. The van der Waals surface area contributed by atoms with E-state index in [-0.39, 0.29) is 0 Å². The molecule has 0 unspecified atom stereocenters. The topological polar surface area (TPSA) is 24.1 Å². The molecule has 0 fully saturated rings. The first-order chi connectivity index (χ1) is 7.77. The van der Waals surface area contributed by atoms with Crippen LogP contribution in [-0.2, 0) is 0 Å². The summed E-state index contributed by atoms with van der Waals surface area (Å²) in [5, 5.41) is 0. The van der Waals surface area contributed by atoms with Crippen molar-refractivity contribution in [2.24, 2.45) is 0 Å². The molecular weight excluding hydrogens is 196 g/mol. The predicted octanol–water partition coefficient (Wildman–Crippen LogP) is 3.72. The van der Waals surface area contributed by atoms with Crippen LogP contribution in [0.25, 0.3) is 11.1 Å². The summed E-state index contributed by atoms with van der Waals surface area (Å²) >= 11 is 0. The fourth-order valence-electron chi connectivity index (χ4n) is 2.34. The van der Waals surface area contributed by atoms with Crippen LogP contribution in [-0.4, -0.2) is 0 Å². The molecule has 2 nitrogen and oxygen atoms in total. The second kappa shape index (κ2) is 3.27. The molecule has 2 aromatic rings. The number of fused-ring (bicyclic) bond motifs is 3. The number of hydrogen-bond acceptors (Lipinski definition) is 2. The summed E-state index contributed by atoms with van der Waals surface area (Å²) in [7, 11) is 0. The van der Waals surface area contributed by atoms with Crippen LogP contribution >= 0.6 is 0 Å². The lowest BCUT2D eigenvalue weighted by molar-refractivity contribution is 1.31. The summed E-state index contributed by atoms with van der Waals surface area (Å²) < 4.78 is 0. The summed E-state index contributed by atoms with van der Waals surface area (Å²) in [4.78, 5) is 0. The molecule has 0 aliphatic carbocycles. The highest BCUT2D eigenvalue weighted by Crippen LogP contribution is 2.41. The van der Waals surface area contributed by atoms with Gasteiger partial charge in [-0.1, -0.05) is 24.3 Å². The van der Waals surface area contributed by atoms with Crippen LogP contribution < -0.4 is 10.9 Å². The second-order valence-electron chi connectivity index (χ2n) is 4.24. The van der Waals surface area contributed by atoms with E-state index in [2.05, 4.69) is 61.1 Å². The first-order valence-corrected chi connectivity index (χ1v) is 5.49. The van der Waals surface area contributed by atoms with Crippen molar-refractivity contribution < 1.29 is 0 Å². The number of hydrazine groups is 1. The van der Waals surface area contributed by atoms with Crippen molar-refractivity contribution in [2.75, 3.05) is 10.9 Å². The normalized spacial score (nSPS) is 12.1. The lowest BCUT2D eigenvalue weighted by Gasteiger charge is -2.25. The third kappa shape index (κ3) is 1.20. The van der Waals surface area contributed by atoms with Crippen LogP contribution in [0.15, 0.2) is 36.4 Å². The van der Waals surface area contributed by atoms with Gasteiger partial charge in [0.1, 0.15) is 0 Å². The van der Waals surface area contributed by atoms with E-state index in [1.54, 1.807) is 0 Å². The SMILES string of the molecule is Cc1cccc2c1-c1c(C)cccc1NN2. The maximum absolute atomic E-state index is 3.24. The zero-order chi connectivity index (χ0) is 11.1. The fraction of sp³-hybridized carbons (Fsp3) is 0.143. The Morgan fingerprint density at radius 3 is 1.56 bits per heavy atom. The molecule has 0 radical (unpaired) electrons. The van der Waals surface area contributed by atoms with Crippen molar-refractivity contribution >= 4 is 11.4 Å². The molecule has 80 valence electrons. The van der Waals surface area contributed by atoms with E-state index in [0.717, 1.165) is 11.4 Å². The Kier molecular flexibility index (Phi) is 1.90. The highest BCUT2D eigenvalue weighted by atomic mass is 15.4. The van der Waals surface area contributed by atoms with Crippen molar-refractivity contribution in [3.05, 3.63) is 47.5 Å². The first kappa shape index (κ1) is 9.28. The average molecular weight is 210 g/mol. The third-order valence-corrected chi connectivity index (χ3v) is 3.13. The standard InChI is InChI=1S/C14H14N2/c1-9-5-3-7-11-13(9)14-10(2)6-4-8-12(14)16-15-11/h3-8,15-16H,1-2H3. The molecule has 0 saturated carbocycles. The lowest BCUT2D eigenvalue weighted by atomic mass is 9.92. The minimum Gasteiger partial charge on any atom is -0.300 e. The zero-order valence-electron chi connectivity index (χ0n) is 9.46. The molecule has 2 heteroatoms. The van der Waals surface area contributed by atoms with E-state index < -0.39 is 0 Å². The number of hydrogen-bond donors (Lipinski definition) is 2. The minimum absolute atomic E-state index is 1.15. The molecule has 0 aromatic heterocycles. The van der Waals surface area contributed by atoms with E-state index in [1.165, 1.54) is 22.3 Å². The molecule has 0 atom stereocenters. The monoisotopic (exact) mass is 210 g/mol. The Hall–Kier alpha value is -1.96. The maximum Gasteiger partial charge on any atom is 0.0621 e. The number of rotatable bonds is 0. The highest BCUT2D eigenvalue weighted by molar-refractivity contribution is 5.93. The Bertz CT molecular complexity index is 507. The third-order valence-electron chi connectivity index (χ3n) is 3.13. The van der Waals surface area contributed by atoms with Crippen LogP contribution in [0.5, 0.6) is 0 Å². The van der Waals surface area contributed by atoms with Crippen molar-refractivity contribution in [3.63, 3.8) is 0 Å². The molecule has 1 heterocycles. The van der Waals surface area contributed by atoms with E-state index in [0.29, 0.717) is 0 Å². The van der Waals surface area contributed by atoms with Crippen LogP contribution in [0.3, 0.4) is 0 Å². The quantitative estimate of drug-likeness (QED) is 0.692. The van der Waals surface area contributed by atoms with Crippen molar-refractivity contribution in [1.29, 1.82) is 0 Å². The summed E-state index contributed by atoms with van der Waals surface area (Å²) in [6.45, 7) is 4.31. The summed E-state index contributed by atoms with van der Waals surface area (Å²) in [5.74, 6) is 0. The number of nitrogens with one attached hydrogen (secondary N) is 2. The Morgan fingerprint density at radius 2 is 1.12 bits per heavy atom. The van der Waals surface area contributed by atoms with E-state index >= 15 is 0 Å². The lowest BCUT2D eigenvalue weighted by Crippen LogP contribution is -2.16. The molecule has 16 heavy (non-hydrogen) atoms. The molecule has 0 bridgehead atoms. The van der Waals surface area contributed by atoms with Crippen molar-refractivity contribution in [1.82, 2.24) is 0 Å². The molecule has 2 aromatic carbocycles. The van der Waals surface area contributed by atoms with Crippen molar-refractivity contribution in [3.8, 4) is 11.1 Å². The smallest absolute Gasteiger partial charge is 0.0621 e. The van der Waals surface area contributed by atoms with Crippen LogP contribution in [0.2, 0.25) is 0 Å². The molecule has 0 spiro atoms. The number of aryl methyl sites for hydroxylation is 2. The molecule has 0 saturated heterocycles. The van der Waals surface area contributed by atoms with Gasteiger partial charge in [0.05, 0.1) is 11.4 Å². The Morgan fingerprint density at radius 1 is 0.688 bits per heavy atom. The summed E-state index contributed by atoms with van der Waals surface area (Å²) in [5.41, 5.74) is 14.0. The Labute approximate surface area is 95.3 Å². The van der Waals surface area contributed by atoms with Gasteiger partial charge in [0.2, 0.25) is 0 Å². The van der Waals surface area contributed by atoms with Gasteiger partial charge >= 0.3 is 0 Å². The molecule has 0 amide bonds. The Balaban J connectivity index is 2.37. The first-order valence-electron chi connectivity index (χ1n) is 5.49.